The average Bonchev–Trinajstić information content (AvgIpc) is 3.10. The highest BCUT2D eigenvalue weighted by atomic mass is 79.9. The van der Waals surface area contributed by atoms with Crippen LogP contribution in [0.4, 0.5) is 5.69 Å². The molecule has 0 bridgehead atoms. The number of halogens is 2. The number of H-pyrrole nitrogens is 1. The molecule has 0 aliphatic rings. The first kappa shape index (κ1) is 23.8. The number of hydrogen-bond acceptors (Lipinski definition) is 5. The molecule has 4 rings (SSSR count). The minimum absolute atomic E-state index is 0.235. The molecular weight excluding hydrogens is 530 g/mol. The summed E-state index contributed by atoms with van der Waals surface area (Å²) in [6.07, 6.45) is 0.215. The number of aliphatic hydroxyl groups is 1. The van der Waals surface area contributed by atoms with Gasteiger partial charge in [-0.1, -0.05) is 39.7 Å². The summed E-state index contributed by atoms with van der Waals surface area (Å²) in [5, 5.41) is 16.1. The van der Waals surface area contributed by atoms with E-state index in [1.807, 2.05) is 30.3 Å². The molecule has 33 heavy (non-hydrogen) atoms. The number of hydrogen-bond donors (Lipinski definition) is 4. The van der Waals surface area contributed by atoms with Crippen LogP contribution in [0.15, 0.2) is 59.1 Å². The van der Waals surface area contributed by atoms with Gasteiger partial charge in [0.1, 0.15) is 12.4 Å². The van der Waals surface area contributed by atoms with Crippen LogP contribution < -0.4 is 14.8 Å². The molecule has 0 unspecified atom stereocenters. The fourth-order valence-corrected chi connectivity index (χ4v) is 4.73. The molecule has 1 aromatic heterocycles. The zero-order valence-electron chi connectivity index (χ0n) is 17.7. The number of fused-ring (bicyclic) bond motifs is 3. The second-order valence-corrected chi connectivity index (χ2v) is 10.8. The van der Waals surface area contributed by atoms with Crippen LogP contribution in [0, 0.1) is 0 Å². The third-order valence-corrected chi connectivity index (χ3v) is 6.50. The summed E-state index contributed by atoms with van der Waals surface area (Å²) in [6, 6.07) is 16.8. The van der Waals surface area contributed by atoms with Crippen LogP contribution in [0.25, 0.3) is 21.8 Å². The SMILES string of the molecule is CS(=O)(=O)Nc1cc([C@H](O)CNCCOc2ccc3c(c2)[nH]c2cc(Br)ccc23)ccc1Cl. The molecule has 1 heterocycles. The highest BCUT2D eigenvalue weighted by Crippen LogP contribution is 2.30. The molecule has 0 radical (unpaired) electrons. The lowest BCUT2D eigenvalue weighted by atomic mass is 10.1. The number of aromatic amines is 1. The lowest BCUT2D eigenvalue weighted by Crippen LogP contribution is -2.26. The lowest BCUT2D eigenvalue weighted by molar-refractivity contribution is 0.172. The fraction of sp³-hybridized carbons (Fsp3) is 0.217. The molecule has 0 aliphatic carbocycles. The molecule has 10 heteroatoms. The van der Waals surface area contributed by atoms with Gasteiger partial charge >= 0.3 is 0 Å². The Bertz CT molecular complexity index is 1410. The predicted octanol–water partition coefficient (Wildman–Crippen LogP) is 4.81. The maximum atomic E-state index is 11.5. The van der Waals surface area contributed by atoms with Gasteiger partial charge in [-0.2, -0.15) is 0 Å². The lowest BCUT2D eigenvalue weighted by Gasteiger charge is -2.15. The van der Waals surface area contributed by atoms with Crippen molar-refractivity contribution in [3.05, 3.63) is 69.7 Å². The third kappa shape index (κ3) is 5.99. The highest BCUT2D eigenvalue weighted by Gasteiger charge is 2.12. The van der Waals surface area contributed by atoms with Gasteiger partial charge in [0.05, 0.1) is 28.6 Å². The largest absolute Gasteiger partial charge is 0.492 e. The molecule has 0 fully saturated rings. The van der Waals surface area contributed by atoms with Crippen LogP contribution in [0.2, 0.25) is 5.02 Å². The average molecular weight is 553 g/mol. The summed E-state index contributed by atoms with van der Waals surface area (Å²) < 4.78 is 32.1. The summed E-state index contributed by atoms with van der Waals surface area (Å²) >= 11 is 9.53. The molecule has 3 aromatic carbocycles. The highest BCUT2D eigenvalue weighted by molar-refractivity contribution is 9.10. The number of rotatable bonds is 9. The standard InChI is InChI=1S/C23H23BrClN3O4S/c1-33(30,31)28-22-10-14(2-7-19(22)25)23(29)13-26-8-9-32-16-4-6-18-17-5-3-15(24)11-20(17)27-21(18)12-16/h2-7,10-12,23,26-29H,8-9,13H2,1H3/t23-/m1/s1. The maximum absolute atomic E-state index is 11.5. The summed E-state index contributed by atoms with van der Waals surface area (Å²) in [7, 11) is -3.47. The van der Waals surface area contributed by atoms with Crippen LogP contribution >= 0.6 is 27.5 Å². The summed E-state index contributed by atoms with van der Waals surface area (Å²) in [5.74, 6) is 0.754. The quantitative estimate of drug-likeness (QED) is 0.223. The van der Waals surface area contributed by atoms with Crippen molar-refractivity contribution in [2.24, 2.45) is 0 Å². The van der Waals surface area contributed by atoms with E-state index in [0.717, 1.165) is 38.3 Å². The Kier molecular flexibility index (Phi) is 7.16. The first-order valence-corrected chi connectivity index (χ1v) is 13.3. The van der Waals surface area contributed by atoms with E-state index in [0.29, 0.717) is 18.7 Å². The Balaban J connectivity index is 1.30. The second-order valence-electron chi connectivity index (χ2n) is 7.70. The number of sulfonamides is 1. The zero-order valence-corrected chi connectivity index (χ0v) is 20.9. The second kappa shape index (κ2) is 9.90. The Morgan fingerprint density at radius 2 is 1.82 bits per heavy atom. The van der Waals surface area contributed by atoms with Gasteiger partial charge in [0, 0.05) is 39.9 Å². The van der Waals surface area contributed by atoms with Crippen LogP contribution in [0.1, 0.15) is 11.7 Å². The molecule has 0 saturated carbocycles. The molecule has 4 aromatic rings. The van der Waals surface area contributed by atoms with Gasteiger partial charge in [-0.3, -0.25) is 4.72 Å². The third-order valence-electron chi connectivity index (χ3n) is 5.09. The predicted molar refractivity (Wildman–Crippen MR) is 137 cm³/mol. The summed E-state index contributed by atoms with van der Waals surface area (Å²) in [6.45, 7) is 1.22. The minimum Gasteiger partial charge on any atom is -0.492 e. The monoisotopic (exact) mass is 551 g/mol. The number of aromatic nitrogens is 1. The zero-order chi connectivity index (χ0) is 23.6. The fourth-order valence-electron chi connectivity index (χ4n) is 3.58. The topological polar surface area (TPSA) is 103 Å². The van der Waals surface area contributed by atoms with Crippen molar-refractivity contribution in [2.45, 2.75) is 6.10 Å². The van der Waals surface area contributed by atoms with Crippen LogP contribution in [0.5, 0.6) is 5.75 Å². The Morgan fingerprint density at radius 1 is 1.09 bits per heavy atom. The number of aliphatic hydroxyl groups excluding tert-OH is 1. The van der Waals surface area contributed by atoms with E-state index in [9.17, 15) is 13.5 Å². The minimum atomic E-state index is -3.47. The van der Waals surface area contributed by atoms with Crippen molar-refractivity contribution in [3.8, 4) is 5.75 Å². The van der Waals surface area contributed by atoms with Gasteiger partial charge < -0.3 is 20.1 Å². The number of ether oxygens (including phenoxy) is 1. The van der Waals surface area contributed by atoms with E-state index in [2.05, 4.69) is 37.0 Å². The van der Waals surface area contributed by atoms with Gasteiger partial charge in [0.25, 0.3) is 0 Å². The van der Waals surface area contributed by atoms with Gasteiger partial charge in [-0.25, -0.2) is 8.42 Å². The van der Waals surface area contributed by atoms with Crippen molar-refractivity contribution in [2.75, 3.05) is 30.7 Å². The molecular formula is C23H23BrClN3O4S. The molecule has 0 saturated heterocycles. The Morgan fingerprint density at radius 3 is 2.58 bits per heavy atom. The van der Waals surface area contributed by atoms with Crippen molar-refractivity contribution >= 4 is 65.0 Å². The van der Waals surface area contributed by atoms with Gasteiger partial charge in [0.15, 0.2) is 0 Å². The van der Waals surface area contributed by atoms with Crippen molar-refractivity contribution < 1.29 is 18.3 Å². The molecule has 0 spiro atoms. The molecule has 1 atom stereocenters. The summed E-state index contributed by atoms with van der Waals surface area (Å²) in [5.41, 5.74) is 2.85. The molecule has 7 nitrogen and oxygen atoms in total. The van der Waals surface area contributed by atoms with Gasteiger partial charge in [-0.15, -0.1) is 0 Å². The maximum Gasteiger partial charge on any atom is 0.229 e. The van der Waals surface area contributed by atoms with E-state index in [1.165, 1.54) is 6.07 Å². The van der Waals surface area contributed by atoms with Gasteiger partial charge in [-0.05, 0) is 42.0 Å². The van der Waals surface area contributed by atoms with Crippen LogP contribution in [0.3, 0.4) is 0 Å². The van der Waals surface area contributed by atoms with Gasteiger partial charge in [0.2, 0.25) is 10.0 Å². The van der Waals surface area contributed by atoms with E-state index in [-0.39, 0.29) is 17.3 Å². The van der Waals surface area contributed by atoms with Crippen molar-refractivity contribution in [1.29, 1.82) is 0 Å². The molecule has 0 amide bonds. The van der Waals surface area contributed by atoms with E-state index in [4.69, 9.17) is 16.3 Å². The first-order chi connectivity index (χ1) is 15.7. The number of anilines is 1. The number of benzene rings is 3. The Labute approximate surface area is 205 Å². The summed E-state index contributed by atoms with van der Waals surface area (Å²) in [4.78, 5) is 3.41. The Hall–Kier alpha value is -2.30. The van der Waals surface area contributed by atoms with E-state index >= 15 is 0 Å². The normalized spacial score (nSPS) is 12.8. The van der Waals surface area contributed by atoms with Crippen molar-refractivity contribution in [3.63, 3.8) is 0 Å². The molecule has 0 aliphatic heterocycles. The van der Waals surface area contributed by atoms with E-state index < -0.39 is 16.1 Å². The van der Waals surface area contributed by atoms with Crippen LogP contribution in [-0.2, 0) is 10.0 Å². The smallest absolute Gasteiger partial charge is 0.229 e. The van der Waals surface area contributed by atoms with Crippen LogP contribution in [-0.4, -0.2) is 44.5 Å². The molecule has 4 N–H and O–H groups in total. The number of nitrogens with one attached hydrogen (secondary N) is 3. The molecule has 174 valence electrons. The van der Waals surface area contributed by atoms with E-state index in [1.54, 1.807) is 12.1 Å². The first-order valence-electron chi connectivity index (χ1n) is 10.2. The van der Waals surface area contributed by atoms with Crippen molar-refractivity contribution in [1.82, 2.24) is 10.3 Å².